The largest absolute Gasteiger partial charge is 0.380 e. The minimum absolute atomic E-state index is 0.0122. The maximum atomic E-state index is 11.4. The normalized spacial score (nSPS) is 12.8. The molecule has 1 atom stereocenters. The minimum Gasteiger partial charge on any atom is -0.380 e. The van der Waals surface area contributed by atoms with E-state index in [1.807, 2.05) is 0 Å². The Hall–Kier alpha value is -0.610. The fourth-order valence-corrected chi connectivity index (χ4v) is 1.47. The molecule has 0 saturated carbocycles. The first-order valence-electron chi connectivity index (χ1n) is 6.66. The SMILES string of the molecule is CCCC(N)CC(=O)NCCOCCC(C)C. The summed E-state index contributed by atoms with van der Waals surface area (Å²) in [5, 5.41) is 2.82. The third-order valence-electron chi connectivity index (χ3n) is 2.52. The lowest BCUT2D eigenvalue weighted by Crippen LogP contribution is -2.33. The highest BCUT2D eigenvalue weighted by Crippen LogP contribution is 1.99. The van der Waals surface area contributed by atoms with Gasteiger partial charge in [-0.05, 0) is 18.8 Å². The monoisotopic (exact) mass is 244 g/mol. The van der Waals surface area contributed by atoms with E-state index in [2.05, 4.69) is 26.1 Å². The number of hydrogen-bond acceptors (Lipinski definition) is 3. The van der Waals surface area contributed by atoms with E-state index in [1.165, 1.54) is 0 Å². The van der Waals surface area contributed by atoms with Crippen LogP contribution in [0.1, 0.15) is 46.5 Å². The molecule has 0 aromatic heterocycles. The molecule has 0 spiro atoms. The molecule has 0 aliphatic rings. The number of carbonyl (C=O) groups excluding carboxylic acids is 1. The minimum atomic E-state index is -0.0122. The van der Waals surface area contributed by atoms with Gasteiger partial charge in [-0.15, -0.1) is 0 Å². The summed E-state index contributed by atoms with van der Waals surface area (Å²) < 4.78 is 5.40. The van der Waals surface area contributed by atoms with Gasteiger partial charge < -0.3 is 15.8 Å². The molecule has 1 amide bonds. The maximum absolute atomic E-state index is 11.4. The molecule has 0 bridgehead atoms. The van der Waals surface area contributed by atoms with Crippen LogP contribution >= 0.6 is 0 Å². The van der Waals surface area contributed by atoms with Crippen molar-refractivity contribution in [3.05, 3.63) is 0 Å². The number of amides is 1. The van der Waals surface area contributed by atoms with Gasteiger partial charge in [0.1, 0.15) is 0 Å². The zero-order chi connectivity index (χ0) is 13.1. The molecule has 3 N–H and O–H groups in total. The van der Waals surface area contributed by atoms with Crippen molar-refractivity contribution in [1.82, 2.24) is 5.32 Å². The van der Waals surface area contributed by atoms with Gasteiger partial charge in [0.2, 0.25) is 5.91 Å². The lowest BCUT2D eigenvalue weighted by atomic mass is 10.1. The van der Waals surface area contributed by atoms with Crippen molar-refractivity contribution in [3.63, 3.8) is 0 Å². The highest BCUT2D eigenvalue weighted by Gasteiger charge is 2.07. The summed E-state index contributed by atoms with van der Waals surface area (Å²) in [6.45, 7) is 8.33. The second-order valence-corrected chi connectivity index (χ2v) is 4.90. The van der Waals surface area contributed by atoms with Gasteiger partial charge >= 0.3 is 0 Å². The van der Waals surface area contributed by atoms with Gasteiger partial charge in [-0.2, -0.15) is 0 Å². The summed E-state index contributed by atoms with van der Waals surface area (Å²) in [4.78, 5) is 11.4. The van der Waals surface area contributed by atoms with E-state index in [-0.39, 0.29) is 11.9 Å². The second-order valence-electron chi connectivity index (χ2n) is 4.90. The van der Waals surface area contributed by atoms with Gasteiger partial charge in [0.25, 0.3) is 0 Å². The molecule has 0 aliphatic heterocycles. The standard InChI is InChI=1S/C13H28N2O2/c1-4-5-12(14)10-13(16)15-7-9-17-8-6-11(2)3/h11-12H,4-10,14H2,1-3H3,(H,15,16). The Labute approximate surface area is 105 Å². The average molecular weight is 244 g/mol. The van der Waals surface area contributed by atoms with Crippen LogP contribution in [0.3, 0.4) is 0 Å². The van der Waals surface area contributed by atoms with Crippen LogP contribution in [0.25, 0.3) is 0 Å². The van der Waals surface area contributed by atoms with Crippen LogP contribution in [0, 0.1) is 5.92 Å². The smallest absolute Gasteiger partial charge is 0.221 e. The fourth-order valence-electron chi connectivity index (χ4n) is 1.47. The molecule has 0 rings (SSSR count). The quantitative estimate of drug-likeness (QED) is 0.575. The van der Waals surface area contributed by atoms with Crippen molar-refractivity contribution in [3.8, 4) is 0 Å². The van der Waals surface area contributed by atoms with Crippen molar-refractivity contribution < 1.29 is 9.53 Å². The highest BCUT2D eigenvalue weighted by molar-refractivity contribution is 5.76. The average Bonchev–Trinajstić information content (AvgIpc) is 2.23. The van der Waals surface area contributed by atoms with Gasteiger partial charge in [-0.25, -0.2) is 0 Å². The number of rotatable bonds is 10. The molecule has 0 saturated heterocycles. The first-order valence-corrected chi connectivity index (χ1v) is 6.66. The molecule has 0 heterocycles. The van der Waals surface area contributed by atoms with Gasteiger partial charge in [0.15, 0.2) is 0 Å². The summed E-state index contributed by atoms with van der Waals surface area (Å²) >= 11 is 0. The predicted molar refractivity (Wildman–Crippen MR) is 70.8 cm³/mol. The second kappa shape index (κ2) is 10.5. The molecule has 1 unspecified atom stereocenters. The van der Waals surface area contributed by atoms with Crippen LogP contribution in [-0.4, -0.2) is 31.7 Å². The van der Waals surface area contributed by atoms with Crippen molar-refractivity contribution in [2.75, 3.05) is 19.8 Å². The van der Waals surface area contributed by atoms with Crippen LogP contribution in [0.2, 0.25) is 0 Å². The third kappa shape index (κ3) is 11.6. The zero-order valence-electron chi connectivity index (χ0n) is 11.5. The topological polar surface area (TPSA) is 64.4 Å². The summed E-state index contributed by atoms with van der Waals surface area (Å²) in [5.74, 6) is 0.690. The molecule has 0 radical (unpaired) electrons. The van der Waals surface area contributed by atoms with E-state index in [1.54, 1.807) is 0 Å². The number of hydrogen-bond donors (Lipinski definition) is 2. The maximum Gasteiger partial charge on any atom is 0.221 e. The molecular weight excluding hydrogens is 216 g/mol. The van der Waals surface area contributed by atoms with Crippen molar-refractivity contribution in [2.45, 2.75) is 52.5 Å². The first-order chi connectivity index (χ1) is 8.06. The summed E-state index contributed by atoms with van der Waals surface area (Å²) in [5.41, 5.74) is 5.78. The Bertz CT molecular complexity index is 196. The van der Waals surface area contributed by atoms with Crippen LogP contribution in [0.5, 0.6) is 0 Å². The summed E-state index contributed by atoms with van der Waals surface area (Å²) in [6.07, 6.45) is 3.40. The number of nitrogens with two attached hydrogens (primary N) is 1. The Morgan fingerprint density at radius 2 is 2.00 bits per heavy atom. The van der Waals surface area contributed by atoms with Crippen LogP contribution in [0.15, 0.2) is 0 Å². The molecule has 4 nitrogen and oxygen atoms in total. The van der Waals surface area contributed by atoms with Crippen LogP contribution in [-0.2, 0) is 9.53 Å². The number of ether oxygens (including phenoxy) is 1. The summed E-state index contributed by atoms with van der Waals surface area (Å²) in [7, 11) is 0. The van der Waals surface area contributed by atoms with Gasteiger partial charge in [0, 0.05) is 25.6 Å². The Balaban J connectivity index is 3.33. The van der Waals surface area contributed by atoms with E-state index >= 15 is 0 Å². The predicted octanol–water partition coefficient (Wildman–Crippen LogP) is 1.68. The molecule has 0 aromatic rings. The Morgan fingerprint density at radius 1 is 1.29 bits per heavy atom. The lowest BCUT2D eigenvalue weighted by Gasteiger charge is -2.11. The molecule has 0 aromatic carbocycles. The van der Waals surface area contributed by atoms with E-state index in [9.17, 15) is 4.79 Å². The number of nitrogens with one attached hydrogen (secondary N) is 1. The third-order valence-corrected chi connectivity index (χ3v) is 2.52. The van der Waals surface area contributed by atoms with E-state index in [4.69, 9.17) is 10.5 Å². The van der Waals surface area contributed by atoms with Gasteiger partial charge in [0.05, 0.1) is 6.61 Å². The van der Waals surface area contributed by atoms with Crippen LogP contribution < -0.4 is 11.1 Å². The molecule has 0 aliphatic carbocycles. The highest BCUT2D eigenvalue weighted by atomic mass is 16.5. The fraction of sp³-hybridized carbons (Fsp3) is 0.923. The first kappa shape index (κ1) is 16.4. The molecule has 17 heavy (non-hydrogen) atoms. The number of carbonyl (C=O) groups is 1. The zero-order valence-corrected chi connectivity index (χ0v) is 11.5. The molecule has 102 valence electrons. The Morgan fingerprint density at radius 3 is 2.59 bits per heavy atom. The molecular formula is C13H28N2O2. The summed E-state index contributed by atoms with van der Waals surface area (Å²) in [6, 6.07) is -0.0122. The molecule has 0 fully saturated rings. The molecule has 4 heteroatoms. The van der Waals surface area contributed by atoms with Crippen molar-refractivity contribution in [2.24, 2.45) is 11.7 Å². The van der Waals surface area contributed by atoms with Gasteiger partial charge in [-0.3, -0.25) is 4.79 Å². The van der Waals surface area contributed by atoms with E-state index < -0.39 is 0 Å². The van der Waals surface area contributed by atoms with Crippen molar-refractivity contribution >= 4 is 5.91 Å². The van der Waals surface area contributed by atoms with Crippen LogP contribution in [0.4, 0.5) is 0 Å². The lowest BCUT2D eigenvalue weighted by molar-refractivity contribution is -0.121. The van der Waals surface area contributed by atoms with Gasteiger partial charge in [-0.1, -0.05) is 27.2 Å². The van der Waals surface area contributed by atoms with Crippen molar-refractivity contribution in [1.29, 1.82) is 0 Å². The Kier molecular flexibility index (Phi) is 10.2. The van der Waals surface area contributed by atoms with E-state index in [0.29, 0.717) is 25.5 Å². The van der Waals surface area contributed by atoms with E-state index in [0.717, 1.165) is 25.9 Å².